The minimum Gasteiger partial charge on any atom is -0.456 e. The highest BCUT2D eigenvalue weighted by atomic mass is 16.6. The lowest BCUT2D eigenvalue weighted by Gasteiger charge is -2.19. The number of nitrogen functional groups attached to an aromatic ring is 1. The summed E-state index contributed by atoms with van der Waals surface area (Å²) in [5, 5.41) is 0.757. The van der Waals surface area contributed by atoms with Crippen LogP contribution in [0, 0.1) is 0 Å². The summed E-state index contributed by atoms with van der Waals surface area (Å²) in [6.07, 6.45) is 1.45. The average Bonchev–Trinajstić information content (AvgIpc) is 2.26. The fourth-order valence-corrected chi connectivity index (χ4v) is 1.47. The van der Waals surface area contributed by atoms with Crippen molar-refractivity contribution in [2.75, 3.05) is 5.73 Å². The van der Waals surface area contributed by atoms with E-state index in [1.165, 1.54) is 6.20 Å². The number of aromatic nitrogens is 2. The summed E-state index contributed by atoms with van der Waals surface area (Å²) in [7, 11) is 0. The molecule has 0 aliphatic carbocycles. The Kier molecular flexibility index (Phi) is 2.90. The second-order valence-electron chi connectivity index (χ2n) is 5.01. The van der Waals surface area contributed by atoms with Crippen LogP contribution in [0.3, 0.4) is 0 Å². The molecule has 2 heterocycles. The summed E-state index contributed by atoms with van der Waals surface area (Å²) >= 11 is 0. The molecule has 0 saturated carbocycles. The molecule has 0 unspecified atom stereocenters. The molecule has 2 rings (SSSR count). The molecular formula is C13H15N3O2. The van der Waals surface area contributed by atoms with E-state index < -0.39 is 11.6 Å². The van der Waals surface area contributed by atoms with E-state index >= 15 is 0 Å². The Morgan fingerprint density at radius 1 is 1.33 bits per heavy atom. The van der Waals surface area contributed by atoms with Crippen LogP contribution >= 0.6 is 0 Å². The van der Waals surface area contributed by atoms with Gasteiger partial charge in [-0.15, -0.1) is 0 Å². The molecule has 0 aromatic carbocycles. The molecule has 0 spiro atoms. The van der Waals surface area contributed by atoms with E-state index in [9.17, 15) is 4.79 Å². The quantitative estimate of drug-likeness (QED) is 0.779. The van der Waals surface area contributed by atoms with E-state index in [1.807, 2.05) is 20.8 Å². The third-order valence-electron chi connectivity index (χ3n) is 2.20. The van der Waals surface area contributed by atoms with E-state index in [0.29, 0.717) is 17.0 Å². The zero-order chi connectivity index (χ0) is 13.3. The van der Waals surface area contributed by atoms with Crippen LogP contribution in [0.1, 0.15) is 31.1 Å². The number of nitrogens with zero attached hydrogens (tertiary/aromatic N) is 2. The molecule has 2 N–H and O–H groups in total. The van der Waals surface area contributed by atoms with Gasteiger partial charge in [0.05, 0.1) is 5.56 Å². The number of pyridine rings is 2. The van der Waals surface area contributed by atoms with Crippen LogP contribution in [0.4, 0.5) is 5.82 Å². The molecule has 5 heteroatoms. The van der Waals surface area contributed by atoms with E-state index in [0.717, 1.165) is 5.39 Å². The van der Waals surface area contributed by atoms with E-state index in [2.05, 4.69) is 9.97 Å². The average molecular weight is 245 g/mol. The van der Waals surface area contributed by atoms with Gasteiger partial charge in [-0.2, -0.15) is 0 Å². The summed E-state index contributed by atoms with van der Waals surface area (Å²) in [6.45, 7) is 5.46. The van der Waals surface area contributed by atoms with Crippen molar-refractivity contribution in [2.45, 2.75) is 26.4 Å². The van der Waals surface area contributed by atoms with Crippen LogP contribution < -0.4 is 5.73 Å². The molecule has 5 nitrogen and oxygen atoms in total. The number of nitrogens with two attached hydrogens (primary N) is 1. The van der Waals surface area contributed by atoms with E-state index in [1.54, 1.807) is 18.2 Å². The number of carbonyl (C=O) groups is 1. The lowest BCUT2D eigenvalue weighted by atomic mass is 10.1. The summed E-state index contributed by atoms with van der Waals surface area (Å²) in [5.41, 5.74) is 5.96. The molecule has 0 aliphatic rings. The largest absolute Gasteiger partial charge is 0.456 e. The van der Waals surface area contributed by atoms with Crippen LogP contribution in [-0.4, -0.2) is 21.5 Å². The topological polar surface area (TPSA) is 78.1 Å². The number of fused-ring (bicyclic) bond motifs is 1. The summed E-state index contributed by atoms with van der Waals surface area (Å²) in [4.78, 5) is 20.0. The standard InChI is InChI=1S/C13H15N3O2/c1-13(2,3)18-12(17)9-6-8-4-5-10(14)16-11(8)15-7-9/h4-7H,1-3H3,(H2,14,15,16). The fraction of sp³-hybridized carbons (Fsp3) is 0.308. The van der Waals surface area contributed by atoms with Gasteiger partial charge in [-0.3, -0.25) is 0 Å². The Hall–Kier alpha value is -2.17. The molecule has 0 aliphatic heterocycles. The zero-order valence-electron chi connectivity index (χ0n) is 10.6. The van der Waals surface area contributed by atoms with Gasteiger partial charge in [0.2, 0.25) is 0 Å². The van der Waals surface area contributed by atoms with Gasteiger partial charge in [0.25, 0.3) is 0 Å². The second kappa shape index (κ2) is 4.25. The van der Waals surface area contributed by atoms with Crippen LogP contribution in [0.2, 0.25) is 0 Å². The van der Waals surface area contributed by atoms with Crippen molar-refractivity contribution in [3.05, 3.63) is 30.0 Å². The summed E-state index contributed by atoms with van der Waals surface area (Å²) in [5.74, 6) is 0.00810. The van der Waals surface area contributed by atoms with Crippen molar-refractivity contribution < 1.29 is 9.53 Å². The van der Waals surface area contributed by atoms with Gasteiger partial charge in [-0.05, 0) is 39.0 Å². The molecule has 0 saturated heterocycles. The third-order valence-corrected chi connectivity index (χ3v) is 2.20. The molecular weight excluding hydrogens is 230 g/mol. The van der Waals surface area contributed by atoms with E-state index in [-0.39, 0.29) is 0 Å². The van der Waals surface area contributed by atoms with Crippen LogP contribution in [-0.2, 0) is 4.74 Å². The molecule has 94 valence electrons. The molecule has 0 radical (unpaired) electrons. The molecule has 0 fully saturated rings. The first kappa shape index (κ1) is 12.3. The molecule has 0 amide bonds. The molecule has 0 bridgehead atoms. The normalized spacial score (nSPS) is 11.5. The molecule has 18 heavy (non-hydrogen) atoms. The van der Waals surface area contributed by atoms with Crippen molar-refractivity contribution in [3.63, 3.8) is 0 Å². The number of anilines is 1. The van der Waals surface area contributed by atoms with Gasteiger partial charge in [0.1, 0.15) is 11.4 Å². The minimum absolute atomic E-state index is 0.395. The smallest absolute Gasteiger partial charge is 0.340 e. The maximum atomic E-state index is 11.9. The first-order valence-corrected chi connectivity index (χ1v) is 5.61. The predicted molar refractivity (Wildman–Crippen MR) is 69.1 cm³/mol. The number of carbonyl (C=O) groups excluding carboxylic acids is 1. The minimum atomic E-state index is -0.522. The highest BCUT2D eigenvalue weighted by Gasteiger charge is 2.18. The predicted octanol–water partition coefficient (Wildman–Crippen LogP) is 2.17. The van der Waals surface area contributed by atoms with Gasteiger partial charge in [0.15, 0.2) is 5.65 Å². The van der Waals surface area contributed by atoms with Crippen LogP contribution in [0.25, 0.3) is 11.0 Å². The fourth-order valence-electron chi connectivity index (χ4n) is 1.47. The summed E-state index contributed by atoms with van der Waals surface area (Å²) < 4.78 is 5.27. The second-order valence-corrected chi connectivity index (χ2v) is 5.01. The maximum Gasteiger partial charge on any atom is 0.340 e. The summed E-state index contributed by atoms with van der Waals surface area (Å²) in [6, 6.07) is 5.14. The van der Waals surface area contributed by atoms with Crippen molar-refractivity contribution in [1.29, 1.82) is 0 Å². The van der Waals surface area contributed by atoms with Gasteiger partial charge in [-0.25, -0.2) is 14.8 Å². The molecule has 0 atom stereocenters. The maximum absolute atomic E-state index is 11.9. The van der Waals surface area contributed by atoms with Gasteiger partial charge in [0, 0.05) is 11.6 Å². The SMILES string of the molecule is CC(C)(C)OC(=O)c1cnc2nc(N)ccc2c1. The number of ether oxygens (including phenoxy) is 1. The highest BCUT2D eigenvalue weighted by Crippen LogP contribution is 2.16. The highest BCUT2D eigenvalue weighted by molar-refractivity contribution is 5.93. The van der Waals surface area contributed by atoms with Crippen LogP contribution in [0.5, 0.6) is 0 Å². The third kappa shape index (κ3) is 2.74. The lowest BCUT2D eigenvalue weighted by molar-refractivity contribution is 0.00693. The molecule has 2 aromatic heterocycles. The first-order chi connectivity index (χ1) is 8.35. The monoisotopic (exact) mass is 245 g/mol. The van der Waals surface area contributed by atoms with Gasteiger partial charge < -0.3 is 10.5 Å². The Balaban J connectivity index is 2.36. The number of hydrogen-bond acceptors (Lipinski definition) is 5. The van der Waals surface area contributed by atoms with Crippen molar-refractivity contribution in [2.24, 2.45) is 0 Å². The van der Waals surface area contributed by atoms with Crippen LogP contribution in [0.15, 0.2) is 24.4 Å². The van der Waals surface area contributed by atoms with E-state index in [4.69, 9.17) is 10.5 Å². The van der Waals surface area contributed by atoms with Gasteiger partial charge in [-0.1, -0.05) is 0 Å². The molecule has 2 aromatic rings. The number of esters is 1. The number of rotatable bonds is 1. The number of hydrogen-bond donors (Lipinski definition) is 1. The Morgan fingerprint density at radius 3 is 2.72 bits per heavy atom. The van der Waals surface area contributed by atoms with Crippen molar-refractivity contribution in [3.8, 4) is 0 Å². The lowest BCUT2D eigenvalue weighted by Crippen LogP contribution is -2.23. The van der Waals surface area contributed by atoms with Crippen molar-refractivity contribution in [1.82, 2.24) is 9.97 Å². The van der Waals surface area contributed by atoms with Gasteiger partial charge >= 0.3 is 5.97 Å². The Labute approximate surface area is 105 Å². The Morgan fingerprint density at radius 2 is 2.06 bits per heavy atom. The zero-order valence-corrected chi connectivity index (χ0v) is 10.6. The first-order valence-electron chi connectivity index (χ1n) is 5.61. The Bertz CT molecular complexity index is 603. The van der Waals surface area contributed by atoms with Crippen molar-refractivity contribution >= 4 is 22.8 Å².